The molecule has 3 aliphatic rings. The highest BCUT2D eigenvalue weighted by atomic mass is 32.2. The summed E-state index contributed by atoms with van der Waals surface area (Å²) >= 11 is 0. The summed E-state index contributed by atoms with van der Waals surface area (Å²) < 4.78 is 23.0. The van der Waals surface area contributed by atoms with Crippen LogP contribution in [0, 0.1) is 23.2 Å². The number of hydrogen-bond donors (Lipinski definition) is 1. The molecule has 1 aliphatic heterocycles. The average molecular weight is 229 g/mol. The van der Waals surface area contributed by atoms with E-state index in [4.69, 9.17) is 5.73 Å². The minimum atomic E-state index is -2.74. The number of fused-ring (bicyclic) bond motifs is 1. The first-order valence-electron chi connectivity index (χ1n) is 5.95. The van der Waals surface area contributed by atoms with Crippen LogP contribution >= 0.6 is 0 Å². The number of nitrogens with two attached hydrogens (primary N) is 1. The van der Waals surface area contributed by atoms with Gasteiger partial charge in [0.15, 0.2) is 9.84 Å². The van der Waals surface area contributed by atoms with E-state index < -0.39 is 9.84 Å². The van der Waals surface area contributed by atoms with Crippen molar-refractivity contribution in [2.45, 2.75) is 25.7 Å². The van der Waals surface area contributed by atoms with Crippen molar-refractivity contribution in [2.75, 3.05) is 18.1 Å². The van der Waals surface area contributed by atoms with Crippen molar-refractivity contribution in [2.24, 2.45) is 28.9 Å². The fourth-order valence-corrected chi connectivity index (χ4v) is 5.83. The average Bonchev–Trinajstić information content (AvgIpc) is 2.63. The summed E-state index contributed by atoms with van der Waals surface area (Å²) in [4.78, 5) is 0. The molecule has 1 heterocycles. The lowest BCUT2D eigenvalue weighted by Crippen LogP contribution is -2.37. The van der Waals surface area contributed by atoms with Crippen molar-refractivity contribution >= 4 is 9.84 Å². The zero-order valence-corrected chi connectivity index (χ0v) is 9.80. The molecule has 0 aromatic heterocycles. The normalized spacial score (nSPS) is 51.7. The van der Waals surface area contributed by atoms with Crippen LogP contribution in [0.25, 0.3) is 0 Å². The molecule has 0 spiro atoms. The van der Waals surface area contributed by atoms with Gasteiger partial charge in [-0.3, -0.25) is 0 Å². The molecular formula is C11H19NO2S. The highest BCUT2D eigenvalue weighted by Gasteiger charge is 2.57. The Hall–Kier alpha value is -0.0900. The van der Waals surface area contributed by atoms with E-state index in [0.717, 1.165) is 18.3 Å². The summed E-state index contributed by atoms with van der Waals surface area (Å²) in [6, 6.07) is 0. The van der Waals surface area contributed by atoms with E-state index in [-0.39, 0.29) is 5.41 Å². The Kier molecular flexibility index (Phi) is 2.00. The third-order valence-corrected chi connectivity index (χ3v) is 6.68. The molecule has 86 valence electrons. The Morgan fingerprint density at radius 1 is 1.27 bits per heavy atom. The fraction of sp³-hybridized carbons (Fsp3) is 1.00. The smallest absolute Gasteiger partial charge is 0.150 e. The maximum absolute atomic E-state index is 11.5. The van der Waals surface area contributed by atoms with Gasteiger partial charge in [-0.2, -0.15) is 0 Å². The van der Waals surface area contributed by atoms with Crippen molar-refractivity contribution in [3.8, 4) is 0 Å². The second-order valence-corrected chi connectivity index (χ2v) is 8.06. The first-order chi connectivity index (χ1) is 7.05. The monoisotopic (exact) mass is 229 g/mol. The van der Waals surface area contributed by atoms with Crippen LogP contribution in [0.15, 0.2) is 0 Å². The third kappa shape index (κ3) is 1.53. The van der Waals surface area contributed by atoms with Gasteiger partial charge in [0.2, 0.25) is 0 Å². The van der Waals surface area contributed by atoms with Crippen LogP contribution in [-0.2, 0) is 9.84 Å². The molecule has 15 heavy (non-hydrogen) atoms. The third-order valence-electron chi connectivity index (χ3n) is 4.91. The summed E-state index contributed by atoms with van der Waals surface area (Å²) in [6.07, 6.45) is 4.64. The van der Waals surface area contributed by atoms with Gasteiger partial charge in [-0.15, -0.1) is 0 Å². The predicted octanol–water partition coefficient (Wildman–Crippen LogP) is 0.796. The molecule has 0 aromatic rings. The van der Waals surface area contributed by atoms with Crippen molar-refractivity contribution in [1.82, 2.24) is 0 Å². The van der Waals surface area contributed by atoms with Crippen LogP contribution in [-0.4, -0.2) is 26.5 Å². The molecular weight excluding hydrogens is 210 g/mol. The Balaban J connectivity index is 1.80. The second kappa shape index (κ2) is 2.98. The van der Waals surface area contributed by atoms with Gasteiger partial charge in [-0.25, -0.2) is 8.42 Å². The Morgan fingerprint density at radius 3 is 2.40 bits per heavy atom. The van der Waals surface area contributed by atoms with Crippen LogP contribution in [0.5, 0.6) is 0 Å². The zero-order chi connectivity index (χ0) is 10.7. The summed E-state index contributed by atoms with van der Waals surface area (Å²) in [7, 11) is -2.74. The molecule has 3 rings (SSSR count). The summed E-state index contributed by atoms with van der Waals surface area (Å²) in [5, 5.41) is 0. The summed E-state index contributed by atoms with van der Waals surface area (Å²) in [5.41, 5.74) is 6.12. The Morgan fingerprint density at radius 2 is 1.93 bits per heavy atom. The Bertz CT molecular complexity index is 366. The van der Waals surface area contributed by atoms with E-state index in [1.807, 2.05) is 0 Å². The molecule has 3 unspecified atom stereocenters. The summed E-state index contributed by atoms with van der Waals surface area (Å²) in [5.74, 6) is 2.94. The van der Waals surface area contributed by atoms with Gasteiger partial charge in [0.1, 0.15) is 0 Å². The van der Waals surface area contributed by atoms with E-state index >= 15 is 0 Å². The molecule has 1 saturated heterocycles. The van der Waals surface area contributed by atoms with Crippen molar-refractivity contribution in [3.63, 3.8) is 0 Å². The van der Waals surface area contributed by atoms with Gasteiger partial charge in [-0.05, 0) is 55.4 Å². The van der Waals surface area contributed by atoms with Crippen LogP contribution in [0.1, 0.15) is 25.7 Å². The minimum Gasteiger partial charge on any atom is -0.330 e. The zero-order valence-electron chi connectivity index (χ0n) is 8.98. The molecule has 0 bridgehead atoms. The van der Waals surface area contributed by atoms with Crippen LogP contribution in [0.4, 0.5) is 0 Å². The highest BCUT2D eigenvalue weighted by molar-refractivity contribution is 7.91. The molecule has 2 aliphatic carbocycles. The molecule has 2 saturated carbocycles. The molecule has 0 aromatic carbocycles. The highest BCUT2D eigenvalue weighted by Crippen LogP contribution is 2.63. The van der Waals surface area contributed by atoms with Gasteiger partial charge in [0.05, 0.1) is 11.5 Å². The second-order valence-electron chi connectivity index (χ2n) is 5.83. The quantitative estimate of drug-likeness (QED) is 0.762. The topological polar surface area (TPSA) is 60.2 Å². The minimum absolute atomic E-state index is 0.192. The SMILES string of the molecule is NCC1(C2CCS(=O)(=O)C2)CC2CC2C1. The Labute approximate surface area is 91.3 Å². The van der Waals surface area contributed by atoms with Crippen molar-refractivity contribution in [3.05, 3.63) is 0 Å². The molecule has 0 amide bonds. The van der Waals surface area contributed by atoms with E-state index in [1.54, 1.807) is 0 Å². The van der Waals surface area contributed by atoms with Crippen LogP contribution < -0.4 is 5.73 Å². The van der Waals surface area contributed by atoms with Gasteiger partial charge >= 0.3 is 0 Å². The van der Waals surface area contributed by atoms with Gasteiger partial charge < -0.3 is 5.73 Å². The summed E-state index contributed by atoms with van der Waals surface area (Å²) in [6.45, 7) is 0.695. The number of hydrogen-bond acceptors (Lipinski definition) is 3. The lowest BCUT2D eigenvalue weighted by molar-refractivity contribution is 0.174. The number of rotatable bonds is 2. The molecule has 2 N–H and O–H groups in total. The van der Waals surface area contributed by atoms with E-state index in [1.165, 1.54) is 19.3 Å². The largest absolute Gasteiger partial charge is 0.330 e. The van der Waals surface area contributed by atoms with Crippen LogP contribution in [0.3, 0.4) is 0 Å². The predicted molar refractivity (Wildman–Crippen MR) is 59.1 cm³/mol. The lowest BCUT2D eigenvalue weighted by Gasteiger charge is -2.35. The van der Waals surface area contributed by atoms with E-state index in [2.05, 4.69) is 0 Å². The number of sulfone groups is 1. The first-order valence-corrected chi connectivity index (χ1v) is 7.77. The van der Waals surface area contributed by atoms with Gasteiger partial charge in [0.25, 0.3) is 0 Å². The van der Waals surface area contributed by atoms with Gasteiger partial charge in [0, 0.05) is 0 Å². The molecule has 4 heteroatoms. The van der Waals surface area contributed by atoms with Crippen molar-refractivity contribution in [1.29, 1.82) is 0 Å². The van der Waals surface area contributed by atoms with E-state index in [0.29, 0.717) is 24.0 Å². The maximum Gasteiger partial charge on any atom is 0.150 e. The maximum atomic E-state index is 11.5. The van der Waals surface area contributed by atoms with Gasteiger partial charge in [-0.1, -0.05) is 0 Å². The fourth-order valence-electron chi connectivity index (χ4n) is 3.88. The molecule has 3 nitrogen and oxygen atoms in total. The molecule has 3 atom stereocenters. The van der Waals surface area contributed by atoms with Crippen molar-refractivity contribution < 1.29 is 8.42 Å². The molecule has 0 radical (unpaired) electrons. The van der Waals surface area contributed by atoms with Crippen LogP contribution in [0.2, 0.25) is 0 Å². The lowest BCUT2D eigenvalue weighted by atomic mass is 9.71. The molecule has 3 fully saturated rings. The standard InChI is InChI=1S/C11H19NO2S/c12-7-11(4-8-3-9(8)5-11)10-1-2-15(13,14)6-10/h8-10H,1-7,12H2. The first kappa shape index (κ1) is 10.1. The van der Waals surface area contributed by atoms with E-state index in [9.17, 15) is 8.42 Å².